The number of amides is 1. The highest BCUT2D eigenvalue weighted by Gasteiger charge is 2.15. The zero-order chi connectivity index (χ0) is 23.3. The second kappa shape index (κ2) is 9.72. The van der Waals surface area contributed by atoms with Gasteiger partial charge in [-0.1, -0.05) is 66.2 Å². The number of anilines is 1. The van der Waals surface area contributed by atoms with Crippen molar-refractivity contribution in [3.8, 4) is 34.1 Å². The maximum atomic E-state index is 12.7. The Balaban J connectivity index is 1.26. The van der Waals surface area contributed by atoms with Gasteiger partial charge in [-0.15, -0.1) is 0 Å². The van der Waals surface area contributed by atoms with Crippen molar-refractivity contribution in [2.24, 2.45) is 0 Å². The lowest BCUT2D eigenvalue weighted by Crippen LogP contribution is -2.13. The van der Waals surface area contributed by atoms with E-state index >= 15 is 0 Å². The van der Waals surface area contributed by atoms with Crippen molar-refractivity contribution in [2.75, 3.05) is 5.32 Å². The number of hydrogen-bond donors (Lipinski definition) is 2. The second-order valence-corrected chi connectivity index (χ2v) is 7.97. The van der Waals surface area contributed by atoms with Gasteiger partial charge in [0.1, 0.15) is 0 Å². The molecule has 0 spiro atoms. The molecule has 5 rings (SSSR count). The van der Waals surface area contributed by atoms with E-state index < -0.39 is 0 Å². The predicted octanol–water partition coefficient (Wildman–Crippen LogP) is 6.02. The van der Waals surface area contributed by atoms with E-state index in [0.717, 1.165) is 16.7 Å². The van der Waals surface area contributed by atoms with Gasteiger partial charge in [-0.05, 0) is 24.3 Å². The van der Waals surface area contributed by atoms with E-state index in [2.05, 4.69) is 25.5 Å². The zero-order valence-corrected chi connectivity index (χ0v) is 18.8. The van der Waals surface area contributed by atoms with E-state index in [1.165, 1.54) is 0 Å². The standard InChI is InChI=1S/C26H20ClN5O2/c27-20-12-6-4-10-18(20)22-16-28-24(34-22)15-14-23(33)29-21-13-7-5-11-19(21)26-30-25(31-32-26)17-8-2-1-3-9-17/h1-13,16H,14-15H2,(H,29,33)(H,30,31,32). The van der Waals surface area contributed by atoms with Crippen LogP contribution in [0, 0.1) is 0 Å². The molecule has 0 saturated carbocycles. The highest BCUT2D eigenvalue weighted by molar-refractivity contribution is 6.33. The van der Waals surface area contributed by atoms with Crippen LogP contribution in [-0.2, 0) is 11.2 Å². The first-order chi connectivity index (χ1) is 16.7. The van der Waals surface area contributed by atoms with E-state index in [9.17, 15) is 4.79 Å². The van der Waals surface area contributed by atoms with Gasteiger partial charge in [0.15, 0.2) is 23.3 Å². The lowest BCUT2D eigenvalue weighted by atomic mass is 10.1. The summed E-state index contributed by atoms with van der Waals surface area (Å²) in [5, 5.41) is 10.8. The molecule has 0 unspecified atom stereocenters. The number of rotatable bonds is 7. The summed E-state index contributed by atoms with van der Waals surface area (Å²) in [6.07, 6.45) is 2.19. The SMILES string of the molecule is O=C(CCc1ncc(-c2ccccc2Cl)o1)Nc1ccccc1-c1nc(-c2ccccc2)n[nH]1. The van der Waals surface area contributed by atoms with E-state index in [1.807, 2.05) is 72.8 Å². The Bertz CT molecular complexity index is 1430. The van der Waals surface area contributed by atoms with Gasteiger partial charge >= 0.3 is 0 Å². The Morgan fingerprint density at radius 2 is 1.68 bits per heavy atom. The molecule has 0 radical (unpaired) electrons. The van der Waals surface area contributed by atoms with Gasteiger partial charge in [-0.3, -0.25) is 9.89 Å². The first-order valence-electron chi connectivity index (χ1n) is 10.7. The van der Waals surface area contributed by atoms with Crippen molar-refractivity contribution in [3.63, 3.8) is 0 Å². The molecule has 2 N–H and O–H groups in total. The van der Waals surface area contributed by atoms with Crippen LogP contribution in [0.5, 0.6) is 0 Å². The van der Waals surface area contributed by atoms with Crippen molar-refractivity contribution in [1.29, 1.82) is 0 Å². The Morgan fingerprint density at radius 1 is 0.941 bits per heavy atom. The molecule has 0 aliphatic rings. The summed E-state index contributed by atoms with van der Waals surface area (Å²) in [5.41, 5.74) is 3.08. The molecule has 7 nitrogen and oxygen atoms in total. The fraction of sp³-hybridized carbons (Fsp3) is 0.0769. The highest BCUT2D eigenvalue weighted by Crippen LogP contribution is 2.29. The van der Waals surface area contributed by atoms with Crippen LogP contribution in [-0.4, -0.2) is 26.1 Å². The van der Waals surface area contributed by atoms with Crippen molar-refractivity contribution in [3.05, 3.63) is 96.0 Å². The Labute approximate surface area is 200 Å². The molecule has 5 aromatic rings. The smallest absolute Gasteiger partial charge is 0.224 e. The van der Waals surface area contributed by atoms with Crippen LogP contribution >= 0.6 is 11.6 Å². The normalized spacial score (nSPS) is 10.9. The lowest BCUT2D eigenvalue weighted by Gasteiger charge is -2.08. The van der Waals surface area contributed by atoms with Crippen molar-refractivity contribution < 1.29 is 9.21 Å². The Hall–Kier alpha value is -4.23. The number of oxazole rings is 1. The second-order valence-electron chi connectivity index (χ2n) is 7.57. The van der Waals surface area contributed by atoms with Crippen LogP contribution in [0.1, 0.15) is 12.3 Å². The summed E-state index contributed by atoms with van der Waals surface area (Å²) in [6.45, 7) is 0. The van der Waals surface area contributed by atoms with Gasteiger partial charge in [0.05, 0.1) is 16.9 Å². The average molecular weight is 470 g/mol. The number of halogens is 1. The number of aromatic amines is 1. The van der Waals surface area contributed by atoms with Crippen molar-refractivity contribution in [2.45, 2.75) is 12.8 Å². The number of carbonyl (C=O) groups is 1. The number of hydrogen-bond acceptors (Lipinski definition) is 5. The maximum absolute atomic E-state index is 12.7. The first kappa shape index (κ1) is 21.6. The molecule has 1 amide bonds. The largest absolute Gasteiger partial charge is 0.441 e. The third-order valence-electron chi connectivity index (χ3n) is 5.23. The van der Waals surface area contributed by atoms with Crippen molar-refractivity contribution in [1.82, 2.24) is 20.2 Å². The van der Waals surface area contributed by atoms with Crippen LogP contribution in [0.15, 0.2) is 89.5 Å². The molecule has 8 heteroatoms. The molecule has 0 saturated heterocycles. The summed E-state index contributed by atoms with van der Waals surface area (Å²) >= 11 is 6.22. The number of aryl methyl sites for hydroxylation is 1. The third kappa shape index (κ3) is 4.74. The first-order valence-corrected chi connectivity index (χ1v) is 11.1. The minimum absolute atomic E-state index is 0.159. The fourth-order valence-corrected chi connectivity index (χ4v) is 3.77. The van der Waals surface area contributed by atoms with E-state index in [4.69, 9.17) is 16.0 Å². The topological polar surface area (TPSA) is 96.7 Å². The molecule has 0 aliphatic carbocycles. The minimum Gasteiger partial charge on any atom is -0.441 e. The summed E-state index contributed by atoms with van der Waals surface area (Å²) in [6, 6.07) is 24.6. The molecule has 168 valence electrons. The van der Waals surface area contributed by atoms with Gasteiger partial charge < -0.3 is 9.73 Å². The molecule has 0 atom stereocenters. The molecule has 0 bridgehead atoms. The summed E-state index contributed by atoms with van der Waals surface area (Å²) < 4.78 is 5.79. The van der Waals surface area contributed by atoms with Gasteiger partial charge in [0, 0.05) is 29.5 Å². The average Bonchev–Trinajstić information content (AvgIpc) is 3.54. The third-order valence-corrected chi connectivity index (χ3v) is 5.56. The molecular formula is C26H20ClN5O2. The predicted molar refractivity (Wildman–Crippen MR) is 131 cm³/mol. The Morgan fingerprint density at radius 3 is 2.50 bits per heavy atom. The summed E-state index contributed by atoms with van der Waals surface area (Å²) in [7, 11) is 0. The highest BCUT2D eigenvalue weighted by atomic mass is 35.5. The molecule has 0 fully saturated rings. The number of para-hydroxylation sites is 1. The summed E-state index contributed by atoms with van der Waals surface area (Å²) in [4.78, 5) is 21.6. The monoisotopic (exact) mass is 469 g/mol. The van der Waals surface area contributed by atoms with Crippen LogP contribution in [0.2, 0.25) is 5.02 Å². The fourth-order valence-electron chi connectivity index (χ4n) is 3.54. The molecule has 2 heterocycles. The van der Waals surface area contributed by atoms with Crippen LogP contribution in [0.25, 0.3) is 34.1 Å². The zero-order valence-electron chi connectivity index (χ0n) is 18.0. The number of nitrogens with one attached hydrogen (secondary N) is 2. The molecular weight excluding hydrogens is 450 g/mol. The van der Waals surface area contributed by atoms with E-state index in [-0.39, 0.29) is 12.3 Å². The van der Waals surface area contributed by atoms with Gasteiger partial charge in [0.2, 0.25) is 5.91 Å². The van der Waals surface area contributed by atoms with Crippen LogP contribution in [0.3, 0.4) is 0 Å². The molecule has 3 aromatic carbocycles. The molecule has 2 aromatic heterocycles. The van der Waals surface area contributed by atoms with Crippen molar-refractivity contribution >= 4 is 23.2 Å². The van der Waals surface area contributed by atoms with E-state index in [1.54, 1.807) is 12.3 Å². The number of aromatic nitrogens is 4. The Kier molecular flexibility index (Phi) is 6.18. The van der Waals surface area contributed by atoms with E-state index in [0.29, 0.717) is 40.4 Å². The number of benzene rings is 3. The number of H-pyrrole nitrogens is 1. The van der Waals surface area contributed by atoms with Gasteiger partial charge in [0.25, 0.3) is 0 Å². The van der Waals surface area contributed by atoms with Gasteiger partial charge in [-0.2, -0.15) is 5.10 Å². The van der Waals surface area contributed by atoms with Crippen LogP contribution in [0.4, 0.5) is 5.69 Å². The van der Waals surface area contributed by atoms with Gasteiger partial charge in [-0.25, -0.2) is 9.97 Å². The quantitative estimate of drug-likeness (QED) is 0.304. The summed E-state index contributed by atoms with van der Waals surface area (Å²) in [5.74, 6) is 2.06. The molecule has 0 aliphatic heterocycles. The number of carbonyl (C=O) groups excluding carboxylic acids is 1. The lowest BCUT2D eigenvalue weighted by molar-refractivity contribution is -0.116. The van der Waals surface area contributed by atoms with Crippen LogP contribution < -0.4 is 5.32 Å². The molecule has 34 heavy (non-hydrogen) atoms. The minimum atomic E-state index is -0.159. The number of nitrogens with zero attached hydrogens (tertiary/aromatic N) is 3. The maximum Gasteiger partial charge on any atom is 0.224 e.